The third-order valence-corrected chi connectivity index (χ3v) is 6.17. The van der Waals surface area contributed by atoms with E-state index in [0.717, 1.165) is 18.4 Å². The van der Waals surface area contributed by atoms with Gasteiger partial charge in [-0.2, -0.15) is 0 Å². The monoisotopic (exact) mass is 298 g/mol. The van der Waals surface area contributed by atoms with Crippen LogP contribution in [0.4, 0.5) is 0 Å². The average molecular weight is 298 g/mol. The summed E-state index contributed by atoms with van der Waals surface area (Å²) < 4.78 is 18.2. The van der Waals surface area contributed by atoms with Gasteiger partial charge in [-0.05, 0) is 12.8 Å². The van der Waals surface area contributed by atoms with Gasteiger partial charge in [-0.3, -0.25) is 4.79 Å². The van der Waals surface area contributed by atoms with Gasteiger partial charge in [0.2, 0.25) is 5.79 Å². The Labute approximate surface area is 129 Å². The van der Waals surface area contributed by atoms with Crippen LogP contribution in [0.2, 0.25) is 0 Å². The van der Waals surface area contributed by atoms with Crippen LogP contribution < -0.4 is 0 Å². The van der Waals surface area contributed by atoms with Crippen molar-refractivity contribution >= 4 is 5.78 Å². The standard InChI is InChI=1S/C18H18O4/c1-20-18(21-2)14-6-4-3-5-13(14)15(19)16-11-7-9-12(10-8-11)17(16,18)22-16/h3-7,9,11-12H,8,10H2,1-2H3/t11-,12-,16+,17-/m0/s1. The van der Waals surface area contributed by atoms with E-state index in [1.165, 1.54) is 0 Å². The molecule has 4 nitrogen and oxygen atoms in total. The van der Waals surface area contributed by atoms with Gasteiger partial charge in [0.25, 0.3) is 0 Å². The fourth-order valence-electron chi connectivity index (χ4n) is 5.34. The van der Waals surface area contributed by atoms with E-state index in [1.807, 2.05) is 24.3 Å². The summed E-state index contributed by atoms with van der Waals surface area (Å²) in [6, 6.07) is 7.58. The lowest BCUT2D eigenvalue weighted by Gasteiger charge is -2.50. The van der Waals surface area contributed by atoms with Crippen LogP contribution in [0.3, 0.4) is 0 Å². The first-order valence-corrected chi connectivity index (χ1v) is 7.81. The molecule has 6 rings (SSSR count). The lowest BCUT2D eigenvalue weighted by Crippen LogP contribution is -2.64. The summed E-state index contributed by atoms with van der Waals surface area (Å²) in [5.74, 6) is -0.671. The molecule has 22 heavy (non-hydrogen) atoms. The molecule has 0 aromatic heterocycles. The Morgan fingerprint density at radius 3 is 2.45 bits per heavy atom. The van der Waals surface area contributed by atoms with Gasteiger partial charge in [0.1, 0.15) is 0 Å². The molecule has 1 aromatic carbocycles. The van der Waals surface area contributed by atoms with Gasteiger partial charge >= 0.3 is 0 Å². The van der Waals surface area contributed by atoms with Crippen molar-refractivity contribution in [2.75, 3.05) is 14.2 Å². The molecule has 0 amide bonds. The van der Waals surface area contributed by atoms with E-state index in [4.69, 9.17) is 14.2 Å². The topological polar surface area (TPSA) is 48.1 Å². The number of carbonyl (C=O) groups excluding carboxylic acids is 1. The van der Waals surface area contributed by atoms with Gasteiger partial charge in [-0.1, -0.05) is 36.4 Å². The normalized spacial score (nSPS) is 42.5. The van der Waals surface area contributed by atoms with Gasteiger partial charge in [-0.25, -0.2) is 0 Å². The number of rotatable bonds is 2. The number of epoxide rings is 1. The molecular formula is C18H18O4. The SMILES string of the molecule is COC1(OC)c2ccccc2C(=O)[C@@]23O[C@]12[C@H]1C=C[C@H]3CC1. The highest BCUT2D eigenvalue weighted by Crippen LogP contribution is 2.75. The highest BCUT2D eigenvalue weighted by atomic mass is 16.8. The molecule has 0 radical (unpaired) electrons. The summed E-state index contributed by atoms with van der Waals surface area (Å²) in [6.45, 7) is 0. The number of ether oxygens (including phenoxy) is 3. The van der Waals surface area contributed by atoms with Crippen LogP contribution in [0, 0.1) is 11.8 Å². The summed E-state index contributed by atoms with van der Waals surface area (Å²) in [5, 5.41) is 0. The molecule has 4 atom stereocenters. The lowest BCUT2D eigenvalue weighted by atomic mass is 9.54. The van der Waals surface area contributed by atoms with Gasteiger partial charge in [0, 0.05) is 37.2 Å². The third kappa shape index (κ3) is 0.995. The minimum absolute atomic E-state index is 0.0897. The van der Waals surface area contributed by atoms with Crippen LogP contribution in [-0.2, 0) is 20.0 Å². The van der Waals surface area contributed by atoms with E-state index in [-0.39, 0.29) is 17.6 Å². The number of methoxy groups -OCH3 is 2. The molecule has 114 valence electrons. The molecule has 2 bridgehead atoms. The Morgan fingerprint density at radius 1 is 1.09 bits per heavy atom. The first-order valence-electron chi connectivity index (χ1n) is 7.81. The zero-order valence-electron chi connectivity index (χ0n) is 12.7. The maximum atomic E-state index is 13.2. The van der Waals surface area contributed by atoms with Crippen molar-refractivity contribution in [1.82, 2.24) is 0 Å². The van der Waals surface area contributed by atoms with Crippen LogP contribution in [0.5, 0.6) is 0 Å². The fourth-order valence-corrected chi connectivity index (χ4v) is 5.34. The van der Waals surface area contributed by atoms with Crippen molar-refractivity contribution < 1.29 is 19.0 Å². The molecular weight excluding hydrogens is 280 g/mol. The highest BCUT2D eigenvalue weighted by molar-refractivity contribution is 6.09. The first kappa shape index (κ1) is 13.0. The van der Waals surface area contributed by atoms with Gasteiger partial charge < -0.3 is 14.2 Å². The van der Waals surface area contributed by atoms with E-state index in [1.54, 1.807) is 14.2 Å². The number of carbonyl (C=O) groups is 1. The summed E-state index contributed by atoms with van der Waals surface area (Å²) >= 11 is 0. The molecule has 2 fully saturated rings. The van der Waals surface area contributed by atoms with Crippen LogP contribution >= 0.6 is 0 Å². The summed E-state index contributed by atoms with van der Waals surface area (Å²) in [5.41, 5.74) is -0.0585. The molecule has 1 saturated carbocycles. The second-order valence-corrected chi connectivity index (χ2v) is 6.65. The van der Waals surface area contributed by atoms with E-state index in [0.29, 0.717) is 5.56 Å². The van der Waals surface area contributed by atoms with Crippen LogP contribution in [0.15, 0.2) is 36.4 Å². The minimum Gasteiger partial charge on any atom is -0.347 e. The molecule has 1 aromatic rings. The molecule has 0 spiro atoms. The number of hydrogen-bond acceptors (Lipinski definition) is 4. The van der Waals surface area contributed by atoms with E-state index < -0.39 is 17.0 Å². The zero-order chi connectivity index (χ0) is 15.2. The maximum absolute atomic E-state index is 13.2. The predicted molar refractivity (Wildman–Crippen MR) is 78.4 cm³/mol. The molecule has 4 aliphatic carbocycles. The molecule has 4 heteroatoms. The smallest absolute Gasteiger partial charge is 0.229 e. The number of Topliss-reactive ketones (excluding diaryl/α,β-unsaturated/α-hetero) is 1. The number of ketones is 1. The summed E-state index contributed by atoms with van der Waals surface area (Å²) in [6.07, 6.45) is 6.34. The zero-order valence-corrected chi connectivity index (χ0v) is 12.7. The van der Waals surface area contributed by atoms with Crippen LogP contribution in [-0.4, -0.2) is 31.2 Å². The van der Waals surface area contributed by atoms with Crippen LogP contribution in [0.1, 0.15) is 28.8 Å². The van der Waals surface area contributed by atoms with Gasteiger partial charge in [0.15, 0.2) is 17.0 Å². The average Bonchev–Trinajstić information content (AvgIpc) is 3.33. The first-order chi connectivity index (χ1) is 10.7. The van der Waals surface area contributed by atoms with Gasteiger partial charge in [-0.15, -0.1) is 0 Å². The molecule has 1 saturated heterocycles. The Morgan fingerprint density at radius 2 is 1.77 bits per heavy atom. The van der Waals surface area contributed by atoms with Crippen molar-refractivity contribution in [3.05, 3.63) is 47.5 Å². The number of hydrogen-bond donors (Lipinski definition) is 0. The molecule has 5 aliphatic rings. The molecule has 1 aliphatic heterocycles. The third-order valence-electron chi connectivity index (χ3n) is 6.17. The van der Waals surface area contributed by atoms with Crippen LogP contribution in [0.25, 0.3) is 0 Å². The maximum Gasteiger partial charge on any atom is 0.229 e. The lowest BCUT2D eigenvalue weighted by molar-refractivity contribution is -0.268. The molecule has 0 unspecified atom stereocenters. The van der Waals surface area contributed by atoms with Crippen molar-refractivity contribution in [3.8, 4) is 0 Å². The summed E-state index contributed by atoms with van der Waals surface area (Å²) in [4.78, 5) is 13.2. The Balaban J connectivity index is 1.87. The number of benzene rings is 1. The fraction of sp³-hybridized carbons (Fsp3) is 0.500. The second kappa shape index (κ2) is 3.70. The minimum atomic E-state index is -1.02. The quantitative estimate of drug-likeness (QED) is 0.478. The Kier molecular flexibility index (Phi) is 2.19. The summed E-state index contributed by atoms with van der Waals surface area (Å²) in [7, 11) is 3.28. The molecule has 0 N–H and O–H groups in total. The van der Waals surface area contributed by atoms with Crippen molar-refractivity contribution in [3.63, 3.8) is 0 Å². The predicted octanol–water partition coefficient (Wildman–Crippen LogP) is 2.43. The van der Waals surface area contributed by atoms with Crippen molar-refractivity contribution in [2.24, 2.45) is 11.8 Å². The van der Waals surface area contributed by atoms with Gasteiger partial charge in [0.05, 0.1) is 0 Å². The van der Waals surface area contributed by atoms with E-state index in [2.05, 4.69) is 12.2 Å². The second-order valence-electron chi connectivity index (χ2n) is 6.65. The van der Waals surface area contributed by atoms with Crippen molar-refractivity contribution in [1.29, 1.82) is 0 Å². The largest absolute Gasteiger partial charge is 0.347 e. The Bertz CT molecular complexity index is 720. The molecule has 1 heterocycles. The Hall–Kier alpha value is -1.49. The number of fused-ring (bicyclic) bond motifs is 2. The van der Waals surface area contributed by atoms with E-state index >= 15 is 0 Å². The van der Waals surface area contributed by atoms with E-state index in [9.17, 15) is 4.79 Å². The highest BCUT2D eigenvalue weighted by Gasteiger charge is 2.91. The van der Waals surface area contributed by atoms with Crippen molar-refractivity contribution in [2.45, 2.75) is 29.8 Å².